The van der Waals surface area contributed by atoms with E-state index in [0.29, 0.717) is 11.5 Å². The van der Waals surface area contributed by atoms with Crippen molar-refractivity contribution < 1.29 is 9.47 Å². The van der Waals surface area contributed by atoms with Crippen LogP contribution in [0.1, 0.15) is 53.4 Å². The first-order valence-corrected chi connectivity index (χ1v) is 7.70. The first-order chi connectivity index (χ1) is 8.51. The number of rotatable bonds is 4. The van der Waals surface area contributed by atoms with Crippen molar-refractivity contribution in [2.24, 2.45) is 23.2 Å². The zero-order valence-electron chi connectivity index (χ0n) is 12.6. The zero-order valence-corrected chi connectivity index (χ0v) is 12.6. The summed E-state index contributed by atoms with van der Waals surface area (Å²) in [6.07, 6.45) is 5.48. The molecule has 2 heteroatoms. The van der Waals surface area contributed by atoms with Gasteiger partial charge >= 0.3 is 0 Å². The van der Waals surface area contributed by atoms with Gasteiger partial charge in [0.15, 0.2) is 0 Å². The molecule has 2 rings (SSSR count). The highest BCUT2D eigenvalue weighted by molar-refractivity contribution is 4.88. The molecule has 0 radical (unpaired) electrons. The molecule has 0 aliphatic carbocycles. The van der Waals surface area contributed by atoms with Gasteiger partial charge < -0.3 is 9.47 Å². The fourth-order valence-corrected chi connectivity index (χ4v) is 3.39. The van der Waals surface area contributed by atoms with Crippen LogP contribution in [0.25, 0.3) is 0 Å². The Morgan fingerprint density at radius 1 is 1.17 bits per heavy atom. The third-order valence-electron chi connectivity index (χ3n) is 5.44. The molecule has 2 aliphatic heterocycles. The van der Waals surface area contributed by atoms with Crippen molar-refractivity contribution in [3.63, 3.8) is 0 Å². The third-order valence-corrected chi connectivity index (χ3v) is 5.44. The van der Waals surface area contributed by atoms with Crippen LogP contribution in [0.5, 0.6) is 0 Å². The highest BCUT2D eigenvalue weighted by Crippen LogP contribution is 2.41. The first kappa shape index (κ1) is 14.3. The standard InChI is InChI=1S/C16H30O2/c1-12(2)16(4)10-15(18-11-16)9-13(3)14-5-7-17-8-6-14/h12-15H,5-11H2,1-4H3. The van der Waals surface area contributed by atoms with Crippen molar-refractivity contribution in [1.82, 2.24) is 0 Å². The van der Waals surface area contributed by atoms with Crippen LogP contribution in [0.15, 0.2) is 0 Å². The predicted octanol–water partition coefficient (Wildman–Crippen LogP) is 3.89. The van der Waals surface area contributed by atoms with Crippen molar-refractivity contribution in [3.8, 4) is 0 Å². The topological polar surface area (TPSA) is 18.5 Å². The van der Waals surface area contributed by atoms with Crippen molar-refractivity contribution in [2.75, 3.05) is 19.8 Å². The van der Waals surface area contributed by atoms with E-state index in [1.54, 1.807) is 0 Å². The largest absolute Gasteiger partial charge is 0.381 e. The minimum absolute atomic E-state index is 0.403. The van der Waals surface area contributed by atoms with Gasteiger partial charge in [-0.1, -0.05) is 27.7 Å². The van der Waals surface area contributed by atoms with E-state index < -0.39 is 0 Å². The van der Waals surface area contributed by atoms with Gasteiger partial charge in [-0.2, -0.15) is 0 Å². The van der Waals surface area contributed by atoms with Gasteiger partial charge in [-0.3, -0.25) is 0 Å². The maximum atomic E-state index is 6.06. The van der Waals surface area contributed by atoms with Crippen LogP contribution < -0.4 is 0 Å². The molecule has 0 saturated carbocycles. The van der Waals surface area contributed by atoms with Gasteiger partial charge in [-0.05, 0) is 48.9 Å². The second kappa shape index (κ2) is 5.92. The molecule has 0 aromatic heterocycles. The average molecular weight is 254 g/mol. The summed E-state index contributed by atoms with van der Waals surface area (Å²) >= 11 is 0. The summed E-state index contributed by atoms with van der Waals surface area (Å²) in [7, 11) is 0. The molecule has 106 valence electrons. The second-order valence-electron chi connectivity index (χ2n) is 7.11. The van der Waals surface area contributed by atoms with E-state index >= 15 is 0 Å². The molecular weight excluding hydrogens is 224 g/mol. The second-order valence-corrected chi connectivity index (χ2v) is 7.11. The van der Waals surface area contributed by atoms with Crippen molar-refractivity contribution in [1.29, 1.82) is 0 Å². The maximum Gasteiger partial charge on any atom is 0.0584 e. The van der Waals surface area contributed by atoms with Gasteiger partial charge in [0.25, 0.3) is 0 Å². The Morgan fingerprint density at radius 3 is 2.39 bits per heavy atom. The molecule has 0 bridgehead atoms. The Balaban J connectivity index is 1.80. The van der Waals surface area contributed by atoms with E-state index in [4.69, 9.17) is 9.47 Å². The Bertz CT molecular complexity index is 258. The van der Waals surface area contributed by atoms with E-state index in [1.165, 1.54) is 25.7 Å². The monoisotopic (exact) mass is 254 g/mol. The smallest absolute Gasteiger partial charge is 0.0584 e. The van der Waals surface area contributed by atoms with Crippen molar-refractivity contribution >= 4 is 0 Å². The molecule has 2 fully saturated rings. The van der Waals surface area contributed by atoms with Crippen LogP contribution in [-0.4, -0.2) is 25.9 Å². The van der Waals surface area contributed by atoms with Gasteiger partial charge in [0.1, 0.15) is 0 Å². The molecule has 3 atom stereocenters. The average Bonchev–Trinajstić information content (AvgIpc) is 2.73. The van der Waals surface area contributed by atoms with Gasteiger partial charge in [0.05, 0.1) is 12.7 Å². The summed E-state index contributed by atoms with van der Waals surface area (Å²) in [6.45, 7) is 12.3. The van der Waals surface area contributed by atoms with Crippen LogP contribution in [0.4, 0.5) is 0 Å². The van der Waals surface area contributed by atoms with Crippen LogP contribution in [0, 0.1) is 23.2 Å². The summed E-state index contributed by atoms with van der Waals surface area (Å²) in [5.41, 5.74) is 0.403. The maximum absolute atomic E-state index is 6.06. The van der Waals surface area contributed by atoms with Crippen LogP contribution in [0.2, 0.25) is 0 Å². The highest BCUT2D eigenvalue weighted by atomic mass is 16.5. The van der Waals surface area contributed by atoms with E-state index in [9.17, 15) is 0 Å². The molecule has 0 spiro atoms. The van der Waals surface area contributed by atoms with E-state index in [0.717, 1.165) is 37.6 Å². The normalized spacial score (nSPS) is 36.2. The summed E-state index contributed by atoms with van der Waals surface area (Å²) < 4.78 is 11.5. The molecule has 0 aromatic carbocycles. The molecule has 2 nitrogen and oxygen atoms in total. The minimum atomic E-state index is 0.403. The van der Waals surface area contributed by atoms with Crippen LogP contribution in [0.3, 0.4) is 0 Å². The zero-order chi connectivity index (χ0) is 13.2. The SMILES string of the molecule is CC(CC1CC(C)(C(C)C)CO1)C1CCOCC1. The van der Waals surface area contributed by atoms with Gasteiger partial charge in [-0.25, -0.2) is 0 Å². The Morgan fingerprint density at radius 2 is 1.83 bits per heavy atom. The van der Waals surface area contributed by atoms with Crippen molar-refractivity contribution in [3.05, 3.63) is 0 Å². The first-order valence-electron chi connectivity index (χ1n) is 7.70. The van der Waals surface area contributed by atoms with E-state index in [1.807, 2.05) is 0 Å². The van der Waals surface area contributed by atoms with E-state index in [2.05, 4.69) is 27.7 Å². The summed E-state index contributed by atoms with van der Waals surface area (Å²) in [4.78, 5) is 0. The van der Waals surface area contributed by atoms with Crippen molar-refractivity contribution in [2.45, 2.75) is 59.5 Å². The Kier molecular flexibility index (Phi) is 4.71. The lowest BCUT2D eigenvalue weighted by Crippen LogP contribution is -2.26. The molecule has 3 unspecified atom stereocenters. The van der Waals surface area contributed by atoms with Gasteiger partial charge in [0.2, 0.25) is 0 Å². The number of hydrogen-bond donors (Lipinski definition) is 0. The molecule has 0 amide bonds. The minimum Gasteiger partial charge on any atom is -0.381 e. The molecule has 2 aliphatic rings. The number of hydrogen-bond acceptors (Lipinski definition) is 2. The molecule has 2 heterocycles. The fourth-order valence-electron chi connectivity index (χ4n) is 3.39. The molecule has 2 saturated heterocycles. The Hall–Kier alpha value is -0.0800. The summed E-state index contributed by atoms with van der Waals surface area (Å²) in [5, 5.41) is 0. The fraction of sp³-hybridized carbons (Fsp3) is 1.00. The Labute approximate surface area is 112 Å². The third kappa shape index (κ3) is 3.27. The van der Waals surface area contributed by atoms with Crippen LogP contribution >= 0.6 is 0 Å². The number of ether oxygens (including phenoxy) is 2. The van der Waals surface area contributed by atoms with Crippen LogP contribution in [-0.2, 0) is 9.47 Å². The summed E-state index contributed by atoms with van der Waals surface area (Å²) in [6, 6.07) is 0. The molecule has 0 N–H and O–H groups in total. The highest BCUT2D eigenvalue weighted by Gasteiger charge is 2.39. The molecular formula is C16H30O2. The lowest BCUT2D eigenvalue weighted by Gasteiger charge is -2.30. The summed E-state index contributed by atoms with van der Waals surface area (Å²) in [5.74, 6) is 2.36. The quantitative estimate of drug-likeness (QED) is 0.757. The van der Waals surface area contributed by atoms with Gasteiger partial charge in [0, 0.05) is 13.2 Å². The van der Waals surface area contributed by atoms with E-state index in [-0.39, 0.29) is 0 Å². The molecule has 0 aromatic rings. The van der Waals surface area contributed by atoms with Gasteiger partial charge in [-0.15, -0.1) is 0 Å². The lowest BCUT2D eigenvalue weighted by molar-refractivity contribution is 0.0288. The molecule has 18 heavy (non-hydrogen) atoms. The predicted molar refractivity (Wildman–Crippen MR) is 74.6 cm³/mol. The lowest BCUT2D eigenvalue weighted by atomic mass is 9.75.